The number of nitrogens with one attached hydrogen (secondary N) is 2. The van der Waals surface area contributed by atoms with Gasteiger partial charge in [-0.15, -0.1) is 0 Å². The molecule has 6 heteroatoms. The normalized spacial score (nSPS) is 14.0. The Morgan fingerprint density at radius 1 is 1.20 bits per heavy atom. The molecule has 128 valence electrons. The Bertz CT molecular complexity index is 877. The summed E-state index contributed by atoms with van der Waals surface area (Å²) in [6.45, 7) is 3.83. The summed E-state index contributed by atoms with van der Waals surface area (Å²) >= 11 is 5.99. The van der Waals surface area contributed by atoms with E-state index in [1.54, 1.807) is 18.2 Å². The number of hydrogen-bond acceptors (Lipinski definition) is 3. The highest BCUT2D eigenvalue weighted by molar-refractivity contribution is 6.31. The average Bonchev–Trinajstić information content (AvgIpc) is 2.58. The Kier molecular flexibility index (Phi) is 4.76. The van der Waals surface area contributed by atoms with Crippen LogP contribution in [-0.2, 0) is 9.59 Å². The monoisotopic (exact) mass is 355 g/mol. The van der Waals surface area contributed by atoms with E-state index in [0.29, 0.717) is 22.1 Å². The number of hydrazine groups is 1. The number of benzene rings is 2. The minimum atomic E-state index is -0.324. The highest BCUT2D eigenvalue weighted by atomic mass is 35.5. The zero-order chi connectivity index (χ0) is 18.0. The van der Waals surface area contributed by atoms with Crippen LogP contribution in [0.3, 0.4) is 0 Å². The van der Waals surface area contributed by atoms with E-state index in [-0.39, 0.29) is 18.2 Å². The quantitative estimate of drug-likeness (QED) is 0.882. The lowest BCUT2D eigenvalue weighted by atomic mass is 10.1. The maximum Gasteiger partial charge on any atom is 0.273 e. The molecular weight excluding hydrogens is 338 g/mol. The molecule has 0 saturated carbocycles. The standard InChI is InChI=1S/C19H18ClN3O2/c1-12-4-3-5-15(10-12)23-18(24)9-8-16(22-23)19(25)21-17-11-14(20)7-6-13(17)2/h3-8,10-11,22H,9H2,1-2H3,(H,21,25). The number of amides is 2. The fourth-order valence-corrected chi connectivity index (χ4v) is 2.72. The van der Waals surface area contributed by atoms with Gasteiger partial charge < -0.3 is 5.32 Å². The number of carbonyl (C=O) groups is 2. The maximum absolute atomic E-state index is 12.6. The number of hydrogen-bond donors (Lipinski definition) is 2. The first-order valence-corrected chi connectivity index (χ1v) is 8.26. The van der Waals surface area contributed by atoms with Crippen molar-refractivity contribution in [2.24, 2.45) is 0 Å². The van der Waals surface area contributed by atoms with Crippen molar-refractivity contribution in [1.29, 1.82) is 0 Å². The van der Waals surface area contributed by atoms with E-state index in [1.807, 2.05) is 44.2 Å². The molecule has 1 heterocycles. The van der Waals surface area contributed by atoms with Crippen LogP contribution in [0, 0.1) is 13.8 Å². The van der Waals surface area contributed by atoms with E-state index in [4.69, 9.17) is 11.6 Å². The molecule has 0 unspecified atom stereocenters. The number of nitrogens with zero attached hydrogens (tertiary/aromatic N) is 1. The highest BCUT2D eigenvalue weighted by Crippen LogP contribution is 2.22. The second-order valence-electron chi connectivity index (χ2n) is 5.92. The van der Waals surface area contributed by atoms with E-state index in [0.717, 1.165) is 11.1 Å². The van der Waals surface area contributed by atoms with Gasteiger partial charge in [0.05, 0.1) is 5.69 Å². The van der Waals surface area contributed by atoms with E-state index < -0.39 is 0 Å². The number of halogens is 1. The summed E-state index contributed by atoms with van der Waals surface area (Å²) in [5, 5.41) is 4.77. The molecule has 2 N–H and O–H groups in total. The fraction of sp³-hybridized carbons (Fsp3) is 0.158. The molecule has 25 heavy (non-hydrogen) atoms. The third-order valence-corrected chi connectivity index (χ3v) is 4.15. The van der Waals surface area contributed by atoms with E-state index in [1.165, 1.54) is 5.01 Å². The molecule has 0 spiro atoms. The van der Waals surface area contributed by atoms with Crippen molar-refractivity contribution < 1.29 is 9.59 Å². The molecule has 0 radical (unpaired) electrons. The topological polar surface area (TPSA) is 61.4 Å². The van der Waals surface area contributed by atoms with Crippen LogP contribution in [0.15, 0.2) is 54.2 Å². The van der Waals surface area contributed by atoms with Crippen LogP contribution in [0.4, 0.5) is 11.4 Å². The van der Waals surface area contributed by atoms with Gasteiger partial charge in [-0.25, -0.2) is 5.01 Å². The molecule has 0 aliphatic carbocycles. The molecule has 5 nitrogen and oxygen atoms in total. The van der Waals surface area contributed by atoms with Gasteiger partial charge >= 0.3 is 0 Å². The average molecular weight is 356 g/mol. The minimum Gasteiger partial charge on any atom is -0.320 e. The van der Waals surface area contributed by atoms with Crippen molar-refractivity contribution in [3.63, 3.8) is 0 Å². The van der Waals surface area contributed by atoms with Crippen LogP contribution in [0.1, 0.15) is 17.5 Å². The van der Waals surface area contributed by atoms with Gasteiger partial charge in [0, 0.05) is 17.1 Å². The SMILES string of the molecule is Cc1cccc(N2NC(C(=O)Nc3cc(Cl)ccc3C)=CCC2=O)c1. The molecule has 0 saturated heterocycles. The molecule has 0 atom stereocenters. The summed E-state index contributed by atoms with van der Waals surface area (Å²) < 4.78 is 0. The van der Waals surface area contributed by atoms with Crippen molar-refractivity contribution in [2.45, 2.75) is 20.3 Å². The zero-order valence-electron chi connectivity index (χ0n) is 14.0. The van der Waals surface area contributed by atoms with E-state index in [9.17, 15) is 9.59 Å². The van der Waals surface area contributed by atoms with Crippen molar-refractivity contribution in [1.82, 2.24) is 5.43 Å². The first-order valence-electron chi connectivity index (χ1n) is 7.88. The van der Waals surface area contributed by atoms with Crippen molar-refractivity contribution in [3.8, 4) is 0 Å². The zero-order valence-corrected chi connectivity index (χ0v) is 14.7. The summed E-state index contributed by atoms with van der Waals surface area (Å²) in [7, 11) is 0. The third-order valence-electron chi connectivity index (χ3n) is 3.91. The second kappa shape index (κ2) is 6.99. The van der Waals surface area contributed by atoms with Crippen molar-refractivity contribution in [2.75, 3.05) is 10.3 Å². The van der Waals surface area contributed by atoms with Crippen molar-refractivity contribution >= 4 is 34.8 Å². The van der Waals surface area contributed by atoms with Crippen LogP contribution in [0.25, 0.3) is 0 Å². The van der Waals surface area contributed by atoms with Crippen LogP contribution in [-0.4, -0.2) is 11.8 Å². The number of carbonyl (C=O) groups excluding carboxylic acids is 2. The summed E-state index contributed by atoms with van der Waals surface area (Å²) in [6, 6.07) is 12.8. The van der Waals surface area contributed by atoms with Gasteiger partial charge in [-0.1, -0.05) is 29.8 Å². The highest BCUT2D eigenvalue weighted by Gasteiger charge is 2.24. The van der Waals surface area contributed by atoms with Crippen LogP contribution < -0.4 is 15.8 Å². The predicted octanol–water partition coefficient (Wildman–Crippen LogP) is 3.72. The predicted molar refractivity (Wildman–Crippen MR) is 99.3 cm³/mol. The van der Waals surface area contributed by atoms with E-state index >= 15 is 0 Å². The summed E-state index contributed by atoms with van der Waals surface area (Å²) in [6.07, 6.45) is 1.74. The Hall–Kier alpha value is -2.79. The Balaban J connectivity index is 1.79. The Morgan fingerprint density at radius 2 is 2.00 bits per heavy atom. The molecule has 0 aromatic heterocycles. The molecule has 2 amide bonds. The minimum absolute atomic E-state index is 0.124. The molecule has 0 bridgehead atoms. The lowest BCUT2D eigenvalue weighted by Gasteiger charge is -2.28. The molecule has 0 fully saturated rings. The maximum atomic E-state index is 12.6. The smallest absolute Gasteiger partial charge is 0.273 e. The van der Waals surface area contributed by atoms with Crippen LogP contribution >= 0.6 is 11.6 Å². The van der Waals surface area contributed by atoms with Gasteiger partial charge in [-0.2, -0.15) is 0 Å². The lowest BCUT2D eigenvalue weighted by molar-refractivity contribution is -0.119. The number of aryl methyl sites for hydroxylation is 2. The molecule has 3 rings (SSSR count). The third kappa shape index (κ3) is 3.83. The molecule has 2 aromatic rings. The van der Waals surface area contributed by atoms with Gasteiger partial charge in [-0.05, 0) is 55.3 Å². The second-order valence-corrected chi connectivity index (χ2v) is 6.35. The first-order chi connectivity index (χ1) is 11.9. The van der Waals surface area contributed by atoms with Gasteiger partial charge in [0.15, 0.2) is 0 Å². The fourth-order valence-electron chi connectivity index (χ4n) is 2.55. The van der Waals surface area contributed by atoms with Gasteiger partial charge in [0.25, 0.3) is 5.91 Å². The Labute approximate surface area is 151 Å². The number of anilines is 2. The molecular formula is C19H18ClN3O2. The van der Waals surface area contributed by atoms with Gasteiger partial charge in [0.2, 0.25) is 5.91 Å². The molecule has 1 aliphatic heterocycles. The largest absolute Gasteiger partial charge is 0.320 e. The van der Waals surface area contributed by atoms with Gasteiger partial charge in [0.1, 0.15) is 5.70 Å². The number of rotatable bonds is 3. The van der Waals surface area contributed by atoms with Crippen LogP contribution in [0.5, 0.6) is 0 Å². The van der Waals surface area contributed by atoms with Crippen LogP contribution in [0.2, 0.25) is 5.02 Å². The first kappa shape index (κ1) is 17.0. The summed E-state index contributed by atoms with van der Waals surface area (Å²) in [4.78, 5) is 24.8. The molecule has 1 aliphatic rings. The summed E-state index contributed by atoms with van der Waals surface area (Å²) in [5.41, 5.74) is 6.49. The molecule has 2 aromatic carbocycles. The Morgan fingerprint density at radius 3 is 2.76 bits per heavy atom. The lowest BCUT2D eigenvalue weighted by Crippen LogP contribution is -2.47. The van der Waals surface area contributed by atoms with Crippen molar-refractivity contribution in [3.05, 3.63) is 70.4 Å². The van der Waals surface area contributed by atoms with Gasteiger partial charge in [-0.3, -0.25) is 15.0 Å². The summed E-state index contributed by atoms with van der Waals surface area (Å²) in [5.74, 6) is -0.448. The van der Waals surface area contributed by atoms with E-state index in [2.05, 4.69) is 10.7 Å².